The largest absolute Gasteiger partial charge is 0.326 e. The molecule has 3 rings (SSSR count). The highest BCUT2D eigenvalue weighted by Gasteiger charge is 2.08. The van der Waals surface area contributed by atoms with Gasteiger partial charge in [0.15, 0.2) is 0 Å². The average Bonchev–Trinajstić information content (AvgIpc) is 2.64. The van der Waals surface area contributed by atoms with Crippen LogP contribution in [0.25, 0.3) is 0 Å². The molecular weight excluding hydrogens is 360 g/mol. The minimum absolute atomic E-state index is 0.130. The molecule has 3 aromatic carbocycles. The van der Waals surface area contributed by atoms with Crippen molar-refractivity contribution in [2.24, 2.45) is 0 Å². The summed E-state index contributed by atoms with van der Waals surface area (Å²) in [5, 5.41) is 6.32. The van der Waals surface area contributed by atoms with E-state index in [1.54, 1.807) is 36.4 Å². The molecule has 0 fully saturated rings. The molecule has 3 aromatic rings. The SMILES string of the molecule is Cc1cccc(NC(=O)c2ccc(NC(=O)Cc3ccc(Cl)cc3)cc2)c1. The smallest absolute Gasteiger partial charge is 0.255 e. The third kappa shape index (κ3) is 5.43. The van der Waals surface area contributed by atoms with Crippen LogP contribution >= 0.6 is 11.6 Å². The fourth-order valence-corrected chi connectivity index (χ4v) is 2.75. The number of amides is 2. The van der Waals surface area contributed by atoms with E-state index < -0.39 is 0 Å². The standard InChI is InChI=1S/C22H19ClN2O2/c1-15-3-2-4-20(13-15)25-22(27)17-7-11-19(12-8-17)24-21(26)14-16-5-9-18(23)10-6-16/h2-13H,14H2,1H3,(H,24,26)(H,25,27). The first-order valence-corrected chi connectivity index (χ1v) is 8.90. The Morgan fingerprint density at radius 1 is 0.852 bits per heavy atom. The van der Waals surface area contributed by atoms with Crippen LogP contribution in [0.3, 0.4) is 0 Å². The molecule has 2 N–H and O–H groups in total. The molecule has 0 aliphatic carbocycles. The Bertz CT molecular complexity index is 951. The van der Waals surface area contributed by atoms with Crippen LogP contribution in [0, 0.1) is 6.92 Å². The molecule has 5 heteroatoms. The maximum atomic E-state index is 12.3. The van der Waals surface area contributed by atoms with Gasteiger partial charge in [-0.05, 0) is 66.6 Å². The van der Waals surface area contributed by atoms with Crippen molar-refractivity contribution in [1.29, 1.82) is 0 Å². The Labute approximate surface area is 163 Å². The van der Waals surface area contributed by atoms with Crippen LogP contribution in [0.4, 0.5) is 11.4 Å². The van der Waals surface area contributed by atoms with Crippen LogP contribution in [-0.4, -0.2) is 11.8 Å². The number of hydrogen-bond acceptors (Lipinski definition) is 2. The molecule has 0 atom stereocenters. The summed E-state index contributed by atoms with van der Waals surface area (Å²) >= 11 is 5.84. The minimum Gasteiger partial charge on any atom is -0.326 e. The topological polar surface area (TPSA) is 58.2 Å². The summed E-state index contributed by atoms with van der Waals surface area (Å²) in [5.74, 6) is -0.325. The van der Waals surface area contributed by atoms with Gasteiger partial charge in [0.25, 0.3) is 5.91 Å². The van der Waals surface area contributed by atoms with Gasteiger partial charge in [-0.2, -0.15) is 0 Å². The fourth-order valence-electron chi connectivity index (χ4n) is 2.62. The van der Waals surface area contributed by atoms with Gasteiger partial charge in [0.1, 0.15) is 0 Å². The number of rotatable bonds is 5. The van der Waals surface area contributed by atoms with E-state index in [1.807, 2.05) is 43.3 Å². The second-order valence-electron chi connectivity index (χ2n) is 6.25. The predicted octanol–water partition coefficient (Wildman–Crippen LogP) is 5.08. The molecule has 0 heterocycles. The lowest BCUT2D eigenvalue weighted by atomic mass is 10.1. The Morgan fingerprint density at radius 3 is 2.22 bits per heavy atom. The van der Waals surface area contributed by atoms with Crippen molar-refractivity contribution in [3.8, 4) is 0 Å². The lowest BCUT2D eigenvalue weighted by molar-refractivity contribution is -0.115. The van der Waals surface area contributed by atoms with Crippen molar-refractivity contribution in [3.63, 3.8) is 0 Å². The minimum atomic E-state index is -0.195. The zero-order chi connectivity index (χ0) is 19.2. The monoisotopic (exact) mass is 378 g/mol. The highest BCUT2D eigenvalue weighted by atomic mass is 35.5. The van der Waals surface area contributed by atoms with Gasteiger partial charge in [0.05, 0.1) is 6.42 Å². The van der Waals surface area contributed by atoms with E-state index in [2.05, 4.69) is 10.6 Å². The molecule has 136 valence electrons. The van der Waals surface area contributed by atoms with Crippen LogP contribution < -0.4 is 10.6 Å². The average molecular weight is 379 g/mol. The number of benzene rings is 3. The number of carbonyl (C=O) groups excluding carboxylic acids is 2. The normalized spacial score (nSPS) is 10.3. The second-order valence-corrected chi connectivity index (χ2v) is 6.69. The Kier molecular flexibility index (Phi) is 5.89. The van der Waals surface area contributed by atoms with Crippen molar-refractivity contribution < 1.29 is 9.59 Å². The summed E-state index contributed by atoms with van der Waals surface area (Å²) in [5.41, 5.74) is 3.87. The van der Waals surface area contributed by atoms with Gasteiger partial charge in [-0.1, -0.05) is 35.9 Å². The first kappa shape index (κ1) is 18.7. The van der Waals surface area contributed by atoms with E-state index in [0.717, 1.165) is 16.8 Å². The molecule has 0 aromatic heterocycles. The molecule has 2 amide bonds. The molecule has 0 saturated heterocycles. The molecule has 0 spiro atoms. The van der Waals surface area contributed by atoms with E-state index in [4.69, 9.17) is 11.6 Å². The molecule has 0 saturated carbocycles. The lowest BCUT2D eigenvalue weighted by Crippen LogP contribution is -2.15. The highest BCUT2D eigenvalue weighted by molar-refractivity contribution is 6.30. The van der Waals surface area contributed by atoms with E-state index >= 15 is 0 Å². The summed E-state index contributed by atoms with van der Waals surface area (Å²) < 4.78 is 0. The van der Waals surface area contributed by atoms with Crippen molar-refractivity contribution in [2.75, 3.05) is 10.6 Å². The third-order valence-electron chi connectivity index (χ3n) is 3.98. The van der Waals surface area contributed by atoms with Crippen LogP contribution in [0.15, 0.2) is 72.8 Å². The van der Waals surface area contributed by atoms with E-state index in [0.29, 0.717) is 16.3 Å². The molecule has 27 heavy (non-hydrogen) atoms. The van der Waals surface area contributed by atoms with Crippen LogP contribution in [0.2, 0.25) is 5.02 Å². The molecule has 0 radical (unpaired) electrons. The lowest BCUT2D eigenvalue weighted by Gasteiger charge is -2.08. The zero-order valence-electron chi connectivity index (χ0n) is 14.8. The van der Waals surface area contributed by atoms with Gasteiger partial charge in [-0.15, -0.1) is 0 Å². The van der Waals surface area contributed by atoms with Crippen molar-refractivity contribution in [3.05, 3.63) is 94.5 Å². The molecular formula is C22H19ClN2O2. The maximum absolute atomic E-state index is 12.3. The van der Waals surface area contributed by atoms with Crippen LogP contribution in [0.1, 0.15) is 21.5 Å². The molecule has 4 nitrogen and oxygen atoms in total. The van der Waals surface area contributed by atoms with E-state index in [9.17, 15) is 9.59 Å². The van der Waals surface area contributed by atoms with Crippen molar-refractivity contribution >= 4 is 34.8 Å². The molecule has 0 bridgehead atoms. The Hall–Kier alpha value is -3.11. The number of anilines is 2. The first-order valence-electron chi connectivity index (χ1n) is 8.52. The van der Waals surface area contributed by atoms with E-state index in [-0.39, 0.29) is 18.2 Å². The van der Waals surface area contributed by atoms with Crippen molar-refractivity contribution in [1.82, 2.24) is 0 Å². The zero-order valence-corrected chi connectivity index (χ0v) is 15.6. The summed E-state index contributed by atoms with van der Waals surface area (Å²) in [6.07, 6.45) is 0.257. The maximum Gasteiger partial charge on any atom is 0.255 e. The summed E-state index contributed by atoms with van der Waals surface area (Å²) in [6, 6.07) is 21.6. The highest BCUT2D eigenvalue weighted by Crippen LogP contribution is 2.15. The number of carbonyl (C=O) groups is 2. The van der Waals surface area contributed by atoms with Gasteiger partial charge in [-0.3, -0.25) is 9.59 Å². The number of hydrogen-bond donors (Lipinski definition) is 2. The number of aryl methyl sites for hydroxylation is 1. The van der Waals surface area contributed by atoms with Gasteiger partial charge in [0, 0.05) is 22.0 Å². The first-order chi connectivity index (χ1) is 13.0. The fraction of sp³-hybridized carbons (Fsp3) is 0.0909. The molecule has 0 aliphatic rings. The van der Waals surface area contributed by atoms with Crippen LogP contribution in [0.5, 0.6) is 0 Å². The van der Waals surface area contributed by atoms with Gasteiger partial charge < -0.3 is 10.6 Å². The quantitative estimate of drug-likeness (QED) is 0.650. The van der Waals surface area contributed by atoms with Crippen LogP contribution in [-0.2, 0) is 11.2 Å². The Morgan fingerprint density at radius 2 is 1.56 bits per heavy atom. The second kappa shape index (κ2) is 8.52. The summed E-state index contributed by atoms with van der Waals surface area (Å²) in [7, 11) is 0. The Balaban J connectivity index is 1.58. The molecule has 0 unspecified atom stereocenters. The predicted molar refractivity (Wildman–Crippen MR) is 109 cm³/mol. The summed E-state index contributed by atoms with van der Waals surface area (Å²) in [4.78, 5) is 24.5. The van der Waals surface area contributed by atoms with Crippen molar-refractivity contribution in [2.45, 2.75) is 13.3 Å². The van der Waals surface area contributed by atoms with Gasteiger partial charge in [0.2, 0.25) is 5.91 Å². The van der Waals surface area contributed by atoms with E-state index in [1.165, 1.54) is 0 Å². The van der Waals surface area contributed by atoms with Gasteiger partial charge in [-0.25, -0.2) is 0 Å². The third-order valence-corrected chi connectivity index (χ3v) is 4.24. The van der Waals surface area contributed by atoms with Gasteiger partial charge >= 0.3 is 0 Å². The summed E-state index contributed by atoms with van der Waals surface area (Å²) in [6.45, 7) is 1.97. The number of nitrogens with one attached hydrogen (secondary N) is 2. The number of halogens is 1. The molecule has 0 aliphatic heterocycles.